The third-order valence-electron chi connectivity index (χ3n) is 4.47. The molecule has 0 fully saturated rings. The molecule has 4 rings (SSSR count). The van der Waals surface area contributed by atoms with E-state index in [2.05, 4.69) is 30.9 Å². The van der Waals surface area contributed by atoms with Crippen LogP contribution in [0.3, 0.4) is 0 Å². The van der Waals surface area contributed by atoms with Gasteiger partial charge in [0.2, 0.25) is 0 Å². The van der Waals surface area contributed by atoms with E-state index in [4.69, 9.17) is 4.74 Å². The number of hydrogen-bond acceptors (Lipinski definition) is 9. The van der Waals surface area contributed by atoms with Crippen LogP contribution in [0.2, 0.25) is 0 Å². The molecule has 2 heterocycles. The van der Waals surface area contributed by atoms with Gasteiger partial charge in [0.15, 0.2) is 11.5 Å². The van der Waals surface area contributed by atoms with E-state index in [0.29, 0.717) is 22.6 Å². The number of amides is 1. The zero-order valence-electron chi connectivity index (χ0n) is 16.2. The molecule has 0 radical (unpaired) electrons. The van der Waals surface area contributed by atoms with Crippen LogP contribution in [0.4, 0.5) is 5.69 Å². The Morgan fingerprint density at radius 1 is 1.13 bits per heavy atom. The minimum atomic E-state index is -0.666. The number of rotatable bonds is 6. The molecular weight excluding hydrogens is 404 g/mol. The van der Waals surface area contributed by atoms with Crippen molar-refractivity contribution in [1.29, 1.82) is 0 Å². The van der Waals surface area contributed by atoms with E-state index in [1.165, 1.54) is 12.3 Å². The molecule has 0 saturated heterocycles. The summed E-state index contributed by atoms with van der Waals surface area (Å²) in [7, 11) is 0. The summed E-state index contributed by atoms with van der Waals surface area (Å²) < 4.78 is 4.90. The molecule has 156 valence electrons. The number of anilines is 1. The van der Waals surface area contributed by atoms with Gasteiger partial charge in [-0.1, -0.05) is 12.1 Å². The third kappa shape index (κ3) is 3.71. The van der Waals surface area contributed by atoms with Gasteiger partial charge in [0, 0.05) is 22.9 Å². The van der Waals surface area contributed by atoms with Crippen LogP contribution >= 0.6 is 0 Å². The van der Waals surface area contributed by atoms with E-state index in [9.17, 15) is 19.8 Å². The number of H-pyrrole nitrogens is 1. The Morgan fingerprint density at radius 3 is 2.61 bits per heavy atom. The lowest BCUT2D eigenvalue weighted by molar-refractivity contribution is -0.134. The highest BCUT2D eigenvalue weighted by Crippen LogP contribution is 2.36. The fourth-order valence-electron chi connectivity index (χ4n) is 2.99. The maximum absolute atomic E-state index is 12.8. The number of aromatic nitrogens is 4. The van der Waals surface area contributed by atoms with Crippen LogP contribution in [0.15, 0.2) is 47.6 Å². The first-order valence-corrected chi connectivity index (χ1v) is 9.16. The van der Waals surface area contributed by atoms with E-state index >= 15 is 0 Å². The summed E-state index contributed by atoms with van der Waals surface area (Å²) in [6.07, 6.45) is 1.36. The van der Waals surface area contributed by atoms with Crippen LogP contribution in [0.5, 0.6) is 11.5 Å². The zero-order chi connectivity index (χ0) is 22.0. The van der Waals surface area contributed by atoms with Crippen LogP contribution in [0, 0.1) is 0 Å². The predicted molar refractivity (Wildman–Crippen MR) is 109 cm³/mol. The number of benzene rings is 2. The smallest absolute Gasteiger partial charge is 0.357 e. The second kappa shape index (κ2) is 8.06. The highest BCUT2D eigenvalue weighted by Gasteiger charge is 2.28. The van der Waals surface area contributed by atoms with Crippen LogP contribution < -0.4 is 5.32 Å². The normalized spacial score (nSPS) is 12.4. The number of nitrogens with zero attached hydrogens (tertiary/aromatic N) is 4. The van der Waals surface area contributed by atoms with Gasteiger partial charge in [0.1, 0.15) is 11.5 Å². The quantitative estimate of drug-likeness (QED) is 0.347. The number of aliphatic imine (C=N–C) groups is 1. The predicted octanol–water partition coefficient (Wildman–Crippen LogP) is 1.89. The van der Waals surface area contributed by atoms with Crippen molar-refractivity contribution in [2.24, 2.45) is 4.99 Å². The van der Waals surface area contributed by atoms with Crippen molar-refractivity contribution in [3.05, 3.63) is 53.7 Å². The van der Waals surface area contributed by atoms with Gasteiger partial charge in [0.05, 0.1) is 17.9 Å². The molecule has 11 nitrogen and oxygen atoms in total. The van der Waals surface area contributed by atoms with Gasteiger partial charge in [-0.3, -0.25) is 4.79 Å². The molecule has 4 N–H and O–H groups in total. The SMILES string of the molecule is CCOC(=O)C1=NC=C1c1cc(O)c(C(=O)Nc2ccccc2-c2nnn[nH]2)cc1O. The van der Waals surface area contributed by atoms with Gasteiger partial charge in [-0.15, -0.1) is 5.10 Å². The first-order chi connectivity index (χ1) is 15.0. The number of carbonyl (C=O) groups is 2. The van der Waals surface area contributed by atoms with Crippen LogP contribution in [0.25, 0.3) is 17.0 Å². The van der Waals surface area contributed by atoms with Crippen LogP contribution in [-0.2, 0) is 9.53 Å². The highest BCUT2D eigenvalue weighted by atomic mass is 16.5. The lowest BCUT2D eigenvalue weighted by Crippen LogP contribution is -2.23. The molecule has 1 amide bonds. The minimum absolute atomic E-state index is 0.0309. The minimum Gasteiger partial charge on any atom is -0.507 e. The molecule has 0 unspecified atom stereocenters. The Hall–Kier alpha value is -4.54. The summed E-state index contributed by atoms with van der Waals surface area (Å²) in [4.78, 5) is 28.5. The molecule has 1 aliphatic heterocycles. The maximum atomic E-state index is 12.8. The maximum Gasteiger partial charge on any atom is 0.357 e. The Bertz CT molecular complexity index is 1230. The number of aromatic amines is 1. The van der Waals surface area contributed by atoms with Crippen LogP contribution in [0.1, 0.15) is 22.8 Å². The topological polar surface area (TPSA) is 163 Å². The number of phenols is 2. The molecule has 0 aliphatic carbocycles. The Kier molecular flexibility index (Phi) is 5.14. The van der Waals surface area contributed by atoms with Crippen molar-refractivity contribution in [3.63, 3.8) is 0 Å². The Labute approximate surface area is 175 Å². The molecule has 2 aromatic carbocycles. The van der Waals surface area contributed by atoms with Gasteiger partial charge in [-0.05, 0) is 41.6 Å². The number of aromatic hydroxyl groups is 2. The average molecular weight is 420 g/mol. The van der Waals surface area contributed by atoms with Gasteiger partial charge in [0.25, 0.3) is 5.91 Å². The Balaban J connectivity index is 1.59. The van der Waals surface area contributed by atoms with E-state index < -0.39 is 11.9 Å². The number of tetrazole rings is 1. The molecule has 31 heavy (non-hydrogen) atoms. The van der Waals surface area contributed by atoms with Gasteiger partial charge < -0.3 is 20.3 Å². The first-order valence-electron chi connectivity index (χ1n) is 9.16. The number of ether oxygens (including phenoxy) is 1. The summed E-state index contributed by atoms with van der Waals surface area (Å²) in [6.45, 7) is 1.83. The third-order valence-corrected chi connectivity index (χ3v) is 4.47. The summed E-state index contributed by atoms with van der Waals surface area (Å²) in [5.74, 6) is -1.65. The van der Waals surface area contributed by atoms with Crippen molar-refractivity contribution in [2.75, 3.05) is 11.9 Å². The van der Waals surface area contributed by atoms with Crippen LogP contribution in [-0.4, -0.2) is 55.0 Å². The molecule has 0 atom stereocenters. The van der Waals surface area contributed by atoms with E-state index in [0.717, 1.165) is 6.07 Å². The fraction of sp³-hybridized carbons (Fsp3) is 0.100. The van der Waals surface area contributed by atoms with Crippen molar-refractivity contribution in [3.8, 4) is 22.9 Å². The average Bonchev–Trinajstić information content (AvgIpc) is 3.25. The van der Waals surface area contributed by atoms with Gasteiger partial charge in [-0.2, -0.15) is 0 Å². The number of carbonyl (C=O) groups excluding carboxylic acids is 2. The number of nitrogens with one attached hydrogen (secondary N) is 2. The summed E-state index contributed by atoms with van der Waals surface area (Å²) in [5.41, 5.74) is 1.26. The second-order valence-corrected chi connectivity index (χ2v) is 6.38. The molecule has 0 saturated carbocycles. The molecule has 1 aromatic heterocycles. The van der Waals surface area contributed by atoms with Crippen molar-refractivity contribution in [1.82, 2.24) is 20.6 Å². The Morgan fingerprint density at radius 2 is 1.94 bits per heavy atom. The number of hydrogen-bond donors (Lipinski definition) is 4. The molecule has 0 bridgehead atoms. The van der Waals surface area contributed by atoms with Gasteiger partial charge >= 0.3 is 5.97 Å². The van der Waals surface area contributed by atoms with Crippen molar-refractivity contribution < 1.29 is 24.5 Å². The highest BCUT2D eigenvalue weighted by molar-refractivity contribution is 6.57. The van der Waals surface area contributed by atoms with E-state index in [-0.39, 0.29) is 34.9 Å². The molecule has 11 heteroatoms. The monoisotopic (exact) mass is 420 g/mol. The summed E-state index contributed by atoms with van der Waals surface area (Å²) >= 11 is 0. The van der Waals surface area contributed by atoms with Crippen molar-refractivity contribution in [2.45, 2.75) is 6.92 Å². The fourth-order valence-corrected chi connectivity index (χ4v) is 2.99. The molecular formula is C20H16N6O5. The number of esters is 1. The number of para-hydroxylation sites is 1. The lowest BCUT2D eigenvalue weighted by Gasteiger charge is -2.17. The van der Waals surface area contributed by atoms with E-state index in [1.807, 2.05) is 0 Å². The lowest BCUT2D eigenvalue weighted by atomic mass is 9.95. The van der Waals surface area contributed by atoms with Gasteiger partial charge in [-0.25, -0.2) is 14.9 Å². The molecule has 1 aliphatic rings. The second-order valence-electron chi connectivity index (χ2n) is 6.38. The van der Waals surface area contributed by atoms with Crippen molar-refractivity contribution >= 4 is 28.8 Å². The zero-order valence-corrected chi connectivity index (χ0v) is 16.2. The molecule has 0 spiro atoms. The standard InChI is InChI=1S/C20H16N6O5/c1-2-31-20(30)17-13(9-21-17)11-7-16(28)12(8-15(11)27)19(29)22-14-6-4-3-5-10(14)18-23-25-26-24-18/h3-9,27-28H,2H2,1H3,(H,22,29)(H,23,24,25,26). The largest absolute Gasteiger partial charge is 0.507 e. The molecule has 3 aromatic rings. The first kappa shape index (κ1) is 19.8. The summed E-state index contributed by atoms with van der Waals surface area (Å²) in [6, 6.07) is 9.11. The summed E-state index contributed by atoms with van der Waals surface area (Å²) in [5, 5.41) is 37.0. The van der Waals surface area contributed by atoms with E-state index in [1.54, 1.807) is 31.2 Å². The number of phenolic OH excluding ortho intramolecular Hbond substituents is 2.